The number of hydrogen-bond donors (Lipinski definition) is 1. The average Bonchev–Trinajstić information content (AvgIpc) is 2.56. The molecule has 7 heteroatoms. The van der Waals surface area contributed by atoms with Gasteiger partial charge in [0.05, 0.1) is 23.4 Å². The molecule has 0 bridgehead atoms. The Bertz CT molecular complexity index is 747. The molecule has 0 aliphatic heterocycles. The number of unbranched alkanes of at least 4 members (excludes halogenated alkanes) is 1. The molecule has 1 amide bonds. The number of alkyl halides is 3. The summed E-state index contributed by atoms with van der Waals surface area (Å²) in [6.07, 6.45) is -2.81. The molecule has 0 radical (unpaired) electrons. The van der Waals surface area contributed by atoms with Gasteiger partial charge < -0.3 is 10.1 Å². The Morgan fingerprint density at radius 2 is 1.92 bits per heavy atom. The first-order chi connectivity index (χ1) is 11.8. The van der Waals surface area contributed by atoms with Gasteiger partial charge in [0.15, 0.2) is 0 Å². The number of benzene rings is 2. The summed E-state index contributed by atoms with van der Waals surface area (Å²) in [5.74, 6) is -0.330. The maximum Gasteiger partial charge on any atom is 0.418 e. The first-order valence-corrected chi connectivity index (χ1v) is 8.52. The number of halogens is 4. The van der Waals surface area contributed by atoms with Gasteiger partial charge in [0, 0.05) is 4.47 Å². The molecule has 0 aromatic heterocycles. The average molecular weight is 416 g/mol. The first-order valence-electron chi connectivity index (χ1n) is 7.73. The summed E-state index contributed by atoms with van der Waals surface area (Å²) >= 11 is 3.26. The summed E-state index contributed by atoms with van der Waals surface area (Å²) in [5, 5.41) is 2.33. The van der Waals surface area contributed by atoms with E-state index in [1.165, 1.54) is 24.3 Å². The van der Waals surface area contributed by atoms with Gasteiger partial charge in [-0.05, 0) is 36.8 Å². The second kappa shape index (κ2) is 8.38. The number of ether oxygens (including phenoxy) is 1. The summed E-state index contributed by atoms with van der Waals surface area (Å²) < 4.78 is 45.4. The number of carbonyl (C=O) groups excluding carboxylic acids is 1. The number of para-hydroxylation sites is 1. The molecule has 0 saturated heterocycles. The fourth-order valence-corrected chi connectivity index (χ4v) is 2.52. The Labute approximate surface area is 152 Å². The smallest absolute Gasteiger partial charge is 0.418 e. The maximum absolute atomic E-state index is 13.1. The minimum atomic E-state index is -4.55. The van der Waals surface area contributed by atoms with Crippen LogP contribution in [0.25, 0.3) is 0 Å². The van der Waals surface area contributed by atoms with Crippen molar-refractivity contribution in [1.29, 1.82) is 0 Å². The molecule has 134 valence electrons. The third-order valence-electron chi connectivity index (χ3n) is 3.42. The molecule has 2 aromatic rings. The highest BCUT2D eigenvalue weighted by Crippen LogP contribution is 2.35. The van der Waals surface area contributed by atoms with Crippen LogP contribution in [0, 0.1) is 0 Å². The minimum Gasteiger partial charge on any atom is -0.493 e. The molecule has 0 unspecified atom stereocenters. The van der Waals surface area contributed by atoms with Gasteiger partial charge in [-0.25, -0.2) is 0 Å². The predicted molar refractivity (Wildman–Crippen MR) is 93.9 cm³/mol. The van der Waals surface area contributed by atoms with E-state index >= 15 is 0 Å². The zero-order valence-corrected chi connectivity index (χ0v) is 15.1. The van der Waals surface area contributed by atoms with Gasteiger partial charge in [-0.3, -0.25) is 4.79 Å². The van der Waals surface area contributed by atoms with E-state index in [1.807, 2.05) is 6.92 Å². The van der Waals surface area contributed by atoms with Crippen molar-refractivity contribution in [2.75, 3.05) is 11.9 Å². The molecule has 0 heterocycles. The van der Waals surface area contributed by atoms with Crippen LogP contribution in [0.4, 0.5) is 18.9 Å². The largest absolute Gasteiger partial charge is 0.493 e. The predicted octanol–water partition coefficient (Wildman–Crippen LogP) is 5.90. The highest BCUT2D eigenvalue weighted by atomic mass is 79.9. The van der Waals surface area contributed by atoms with Crippen LogP contribution in [0.2, 0.25) is 0 Å². The van der Waals surface area contributed by atoms with Gasteiger partial charge in [0.2, 0.25) is 0 Å². The Kier molecular flexibility index (Phi) is 6.47. The van der Waals surface area contributed by atoms with Crippen molar-refractivity contribution in [3.8, 4) is 5.75 Å². The lowest BCUT2D eigenvalue weighted by Gasteiger charge is -2.15. The van der Waals surface area contributed by atoms with Crippen molar-refractivity contribution in [2.45, 2.75) is 25.9 Å². The Balaban J connectivity index is 2.28. The molecule has 2 aromatic carbocycles. The zero-order valence-electron chi connectivity index (χ0n) is 13.5. The van der Waals surface area contributed by atoms with Crippen LogP contribution in [-0.4, -0.2) is 12.5 Å². The van der Waals surface area contributed by atoms with Crippen molar-refractivity contribution >= 4 is 27.5 Å². The lowest BCUT2D eigenvalue weighted by molar-refractivity contribution is -0.136. The van der Waals surface area contributed by atoms with E-state index in [9.17, 15) is 18.0 Å². The van der Waals surface area contributed by atoms with Gasteiger partial charge in [-0.2, -0.15) is 13.2 Å². The van der Waals surface area contributed by atoms with Crippen LogP contribution < -0.4 is 10.1 Å². The van der Waals surface area contributed by atoms with E-state index in [1.54, 1.807) is 12.1 Å². The summed E-state index contributed by atoms with van der Waals surface area (Å²) in [5.41, 5.74) is -1.02. The molecule has 0 saturated carbocycles. The van der Waals surface area contributed by atoms with Gasteiger partial charge >= 0.3 is 6.18 Å². The fraction of sp³-hybridized carbons (Fsp3) is 0.278. The minimum absolute atomic E-state index is 0.169. The molecule has 0 aliphatic carbocycles. The molecular formula is C18H17BrF3NO2. The van der Waals surface area contributed by atoms with Gasteiger partial charge in [-0.1, -0.05) is 41.4 Å². The molecule has 2 rings (SSSR count). The van der Waals surface area contributed by atoms with E-state index in [-0.39, 0.29) is 11.3 Å². The summed E-state index contributed by atoms with van der Waals surface area (Å²) in [6.45, 7) is 2.43. The molecule has 3 nitrogen and oxygen atoms in total. The third-order valence-corrected chi connectivity index (χ3v) is 3.92. The Morgan fingerprint density at radius 1 is 1.20 bits per heavy atom. The molecule has 1 N–H and O–H groups in total. The second-order valence-electron chi connectivity index (χ2n) is 5.34. The van der Waals surface area contributed by atoms with Crippen molar-refractivity contribution in [3.05, 3.63) is 58.1 Å². The number of rotatable bonds is 6. The molecule has 0 spiro atoms. The first kappa shape index (κ1) is 19.3. The standard InChI is InChI=1S/C18H17BrF3NO2/c1-2-3-10-25-16-9-8-12(19)11-13(16)17(24)23-15-7-5-4-6-14(15)18(20,21)22/h4-9,11H,2-3,10H2,1H3,(H,23,24). The lowest BCUT2D eigenvalue weighted by Crippen LogP contribution is -2.17. The number of nitrogens with one attached hydrogen (secondary N) is 1. The van der Waals surface area contributed by atoms with E-state index in [2.05, 4.69) is 21.2 Å². The third kappa shape index (κ3) is 5.22. The summed E-state index contributed by atoms with van der Waals surface area (Å²) in [7, 11) is 0. The van der Waals surface area contributed by atoms with Crippen LogP contribution in [0.5, 0.6) is 5.75 Å². The van der Waals surface area contributed by atoms with Crippen LogP contribution in [-0.2, 0) is 6.18 Å². The monoisotopic (exact) mass is 415 g/mol. The maximum atomic E-state index is 13.1. The number of amides is 1. The summed E-state index contributed by atoms with van der Waals surface area (Å²) in [6, 6.07) is 9.70. The Hall–Kier alpha value is -2.02. The van der Waals surface area contributed by atoms with Crippen molar-refractivity contribution in [1.82, 2.24) is 0 Å². The van der Waals surface area contributed by atoms with E-state index in [0.717, 1.165) is 18.9 Å². The lowest BCUT2D eigenvalue weighted by atomic mass is 10.1. The van der Waals surface area contributed by atoms with Crippen molar-refractivity contribution in [2.24, 2.45) is 0 Å². The quantitative estimate of drug-likeness (QED) is 0.596. The SMILES string of the molecule is CCCCOc1ccc(Br)cc1C(=O)Nc1ccccc1C(F)(F)F. The van der Waals surface area contributed by atoms with Crippen molar-refractivity contribution < 1.29 is 22.7 Å². The van der Waals surface area contributed by atoms with Crippen LogP contribution >= 0.6 is 15.9 Å². The summed E-state index contributed by atoms with van der Waals surface area (Å²) in [4.78, 5) is 12.5. The Morgan fingerprint density at radius 3 is 2.60 bits per heavy atom. The second-order valence-corrected chi connectivity index (χ2v) is 6.26. The molecule has 0 atom stereocenters. The van der Waals surface area contributed by atoms with Gasteiger partial charge in [0.25, 0.3) is 5.91 Å². The zero-order chi connectivity index (χ0) is 18.4. The van der Waals surface area contributed by atoms with Gasteiger partial charge in [0.1, 0.15) is 5.75 Å². The van der Waals surface area contributed by atoms with E-state index < -0.39 is 17.6 Å². The van der Waals surface area contributed by atoms with Crippen LogP contribution in [0.3, 0.4) is 0 Å². The van der Waals surface area contributed by atoms with Crippen LogP contribution in [0.1, 0.15) is 35.7 Å². The molecular weight excluding hydrogens is 399 g/mol. The van der Waals surface area contributed by atoms with E-state index in [0.29, 0.717) is 16.8 Å². The number of anilines is 1. The molecule has 25 heavy (non-hydrogen) atoms. The molecule has 0 aliphatic rings. The normalized spacial score (nSPS) is 11.2. The topological polar surface area (TPSA) is 38.3 Å². The van der Waals surface area contributed by atoms with Crippen LogP contribution in [0.15, 0.2) is 46.9 Å². The number of hydrogen-bond acceptors (Lipinski definition) is 2. The molecule has 0 fully saturated rings. The van der Waals surface area contributed by atoms with Crippen molar-refractivity contribution in [3.63, 3.8) is 0 Å². The number of carbonyl (C=O) groups is 1. The highest BCUT2D eigenvalue weighted by Gasteiger charge is 2.33. The highest BCUT2D eigenvalue weighted by molar-refractivity contribution is 9.10. The van der Waals surface area contributed by atoms with E-state index in [4.69, 9.17) is 4.74 Å². The van der Waals surface area contributed by atoms with Gasteiger partial charge in [-0.15, -0.1) is 0 Å². The fourth-order valence-electron chi connectivity index (χ4n) is 2.16.